The number of hydrogen-bond donors (Lipinski definition) is 2. The minimum absolute atomic E-state index is 0.262. The minimum Gasteiger partial charge on any atom is -0.338 e. The van der Waals surface area contributed by atoms with Crippen LogP contribution < -0.4 is 10.9 Å². The van der Waals surface area contributed by atoms with E-state index >= 15 is 0 Å². The van der Waals surface area contributed by atoms with E-state index in [0.717, 1.165) is 11.1 Å². The van der Waals surface area contributed by atoms with Crippen molar-refractivity contribution in [1.82, 2.24) is 9.97 Å². The van der Waals surface area contributed by atoms with Gasteiger partial charge in [-0.3, -0.25) is 4.79 Å². The second-order valence-electron chi connectivity index (χ2n) is 6.21. The average Bonchev–Trinajstić information content (AvgIpc) is 2.73. The molecule has 0 bridgehead atoms. The van der Waals surface area contributed by atoms with E-state index in [2.05, 4.69) is 21.4 Å². The van der Waals surface area contributed by atoms with E-state index in [0.29, 0.717) is 32.8 Å². The maximum atomic E-state index is 12.9. The van der Waals surface area contributed by atoms with Crippen LogP contribution in [0, 0.1) is 11.3 Å². The van der Waals surface area contributed by atoms with Gasteiger partial charge < -0.3 is 10.3 Å². The number of aromatic nitrogens is 2. The summed E-state index contributed by atoms with van der Waals surface area (Å²) in [7, 11) is 0. The van der Waals surface area contributed by atoms with Crippen LogP contribution in [0.2, 0.25) is 5.02 Å². The molecule has 0 fully saturated rings. The van der Waals surface area contributed by atoms with Crippen molar-refractivity contribution in [1.29, 1.82) is 5.26 Å². The number of thioether (sulfide) groups is 1. The predicted octanol–water partition coefficient (Wildman–Crippen LogP) is 4.64. The third-order valence-electron chi connectivity index (χ3n) is 4.60. The van der Waals surface area contributed by atoms with Crippen molar-refractivity contribution in [2.24, 2.45) is 0 Å². The molecule has 4 rings (SSSR count). The number of nitrogens with zero attached hydrogens (tertiary/aromatic N) is 2. The lowest BCUT2D eigenvalue weighted by Gasteiger charge is -2.28. The molecule has 1 aliphatic heterocycles. The summed E-state index contributed by atoms with van der Waals surface area (Å²) in [4.78, 5) is 20.2. The molecular formula is C21H15ClN4OS. The molecule has 2 aromatic carbocycles. The zero-order valence-corrected chi connectivity index (χ0v) is 16.4. The number of nitrogens with one attached hydrogen (secondary N) is 2. The van der Waals surface area contributed by atoms with E-state index in [-0.39, 0.29) is 5.56 Å². The second-order valence-corrected chi connectivity index (χ2v) is 7.44. The first-order valence-electron chi connectivity index (χ1n) is 8.52. The molecule has 0 spiro atoms. The molecule has 0 radical (unpaired) electrons. The Hall–Kier alpha value is -3.01. The topological polar surface area (TPSA) is 81.6 Å². The molecule has 1 unspecified atom stereocenters. The van der Waals surface area contributed by atoms with E-state index in [1.165, 1.54) is 11.8 Å². The molecule has 2 N–H and O–H groups in total. The first kappa shape index (κ1) is 18.4. The SMILES string of the molecule is CSc1nc2c(c(=O)[nH]1)C(c1ccc(Cl)cc1)C(C#N)=C(c1ccccc1)N2. The van der Waals surface area contributed by atoms with Gasteiger partial charge in [0.2, 0.25) is 0 Å². The lowest BCUT2D eigenvalue weighted by atomic mass is 9.81. The summed E-state index contributed by atoms with van der Waals surface area (Å²) in [6, 6.07) is 19.1. The van der Waals surface area contributed by atoms with Gasteiger partial charge in [0.25, 0.3) is 5.56 Å². The molecule has 1 aliphatic rings. The number of benzene rings is 2. The van der Waals surface area contributed by atoms with Crippen LogP contribution in [0.15, 0.2) is 70.1 Å². The standard InChI is InChI=1S/C21H15ClN4OS/c1-28-21-25-19-17(20(27)26-21)16(12-7-9-14(22)10-8-12)15(11-23)18(24-19)13-5-3-2-4-6-13/h2-10,16H,1H3,(H2,24,25,26,27). The number of aromatic amines is 1. The molecule has 2 heterocycles. The van der Waals surface area contributed by atoms with Crippen molar-refractivity contribution in [3.63, 3.8) is 0 Å². The number of rotatable bonds is 3. The highest BCUT2D eigenvalue weighted by Gasteiger charge is 2.33. The van der Waals surface area contributed by atoms with Gasteiger partial charge in [0, 0.05) is 5.02 Å². The summed E-state index contributed by atoms with van der Waals surface area (Å²) in [5.41, 5.74) is 2.95. The fourth-order valence-corrected chi connectivity index (χ4v) is 3.84. The minimum atomic E-state index is -0.541. The Kier molecular flexibility index (Phi) is 4.95. The lowest BCUT2D eigenvalue weighted by Crippen LogP contribution is -2.27. The van der Waals surface area contributed by atoms with Gasteiger partial charge in [-0.05, 0) is 29.5 Å². The number of fused-ring (bicyclic) bond motifs is 1. The van der Waals surface area contributed by atoms with Gasteiger partial charge in [-0.25, -0.2) is 4.98 Å². The fourth-order valence-electron chi connectivity index (χ4n) is 3.34. The molecule has 0 saturated heterocycles. The highest BCUT2D eigenvalue weighted by atomic mass is 35.5. The molecular weight excluding hydrogens is 392 g/mol. The van der Waals surface area contributed by atoms with Crippen molar-refractivity contribution < 1.29 is 0 Å². The molecule has 7 heteroatoms. The van der Waals surface area contributed by atoms with Crippen LogP contribution in [-0.4, -0.2) is 16.2 Å². The number of hydrogen-bond acceptors (Lipinski definition) is 5. The Balaban J connectivity index is 2.02. The molecule has 28 heavy (non-hydrogen) atoms. The fraction of sp³-hybridized carbons (Fsp3) is 0.0952. The second kappa shape index (κ2) is 7.55. The smallest absolute Gasteiger partial charge is 0.257 e. The van der Waals surface area contributed by atoms with Gasteiger partial charge in [-0.15, -0.1) is 0 Å². The van der Waals surface area contributed by atoms with Gasteiger partial charge in [-0.2, -0.15) is 5.26 Å². The first-order valence-corrected chi connectivity index (χ1v) is 10.1. The molecule has 1 atom stereocenters. The van der Waals surface area contributed by atoms with Crippen molar-refractivity contribution >= 4 is 34.9 Å². The molecule has 0 saturated carbocycles. The number of allylic oxidation sites excluding steroid dienone is 1. The zero-order chi connectivity index (χ0) is 19.7. The molecule has 3 aromatic rings. The average molecular weight is 407 g/mol. The van der Waals surface area contributed by atoms with Crippen LogP contribution >= 0.6 is 23.4 Å². The maximum Gasteiger partial charge on any atom is 0.257 e. The van der Waals surface area contributed by atoms with Crippen molar-refractivity contribution in [2.75, 3.05) is 11.6 Å². The monoisotopic (exact) mass is 406 g/mol. The summed E-state index contributed by atoms with van der Waals surface area (Å²) in [6.07, 6.45) is 1.85. The maximum absolute atomic E-state index is 12.9. The summed E-state index contributed by atoms with van der Waals surface area (Å²) in [5.74, 6) is -0.0771. The molecule has 5 nitrogen and oxygen atoms in total. The summed E-state index contributed by atoms with van der Waals surface area (Å²) < 4.78 is 0. The van der Waals surface area contributed by atoms with E-state index in [1.54, 1.807) is 12.1 Å². The van der Waals surface area contributed by atoms with Crippen molar-refractivity contribution in [3.8, 4) is 6.07 Å². The molecule has 138 valence electrons. The van der Waals surface area contributed by atoms with Gasteiger partial charge in [0.05, 0.1) is 28.8 Å². The van der Waals surface area contributed by atoms with Gasteiger partial charge in [-0.1, -0.05) is 65.8 Å². The van der Waals surface area contributed by atoms with Gasteiger partial charge in [0.1, 0.15) is 5.82 Å². The van der Waals surface area contributed by atoms with E-state index < -0.39 is 5.92 Å². The normalized spacial score (nSPS) is 15.5. The summed E-state index contributed by atoms with van der Waals surface area (Å²) in [6.45, 7) is 0. The number of halogens is 1. The number of anilines is 1. The Morgan fingerprint density at radius 3 is 2.50 bits per heavy atom. The number of nitriles is 1. The van der Waals surface area contributed by atoms with Crippen LogP contribution in [0.1, 0.15) is 22.6 Å². The highest BCUT2D eigenvalue weighted by Crippen LogP contribution is 2.42. The Morgan fingerprint density at radius 2 is 1.86 bits per heavy atom. The van der Waals surface area contributed by atoms with E-state index in [9.17, 15) is 10.1 Å². The van der Waals surface area contributed by atoms with Gasteiger partial charge in [0.15, 0.2) is 5.16 Å². The first-order chi connectivity index (χ1) is 13.6. The quantitative estimate of drug-likeness (QED) is 0.489. The van der Waals surface area contributed by atoms with Crippen LogP contribution in [0.5, 0.6) is 0 Å². The summed E-state index contributed by atoms with van der Waals surface area (Å²) in [5, 5.41) is 14.3. The zero-order valence-electron chi connectivity index (χ0n) is 14.9. The molecule has 0 aliphatic carbocycles. The Labute approximate surface area is 171 Å². The van der Waals surface area contributed by atoms with Crippen LogP contribution in [0.4, 0.5) is 5.82 Å². The Bertz CT molecular complexity index is 1160. The van der Waals surface area contributed by atoms with Crippen LogP contribution in [-0.2, 0) is 0 Å². The van der Waals surface area contributed by atoms with Crippen LogP contribution in [0.25, 0.3) is 5.70 Å². The van der Waals surface area contributed by atoms with Crippen molar-refractivity contribution in [2.45, 2.75) is 11.1 Å². The van der Waals surface area contributed by atoms with E-state index in [4.69, 9.17) is 11.6 Å². The van der Waals surface area contributed by atoms with Gasteiger partial charge >= 0.3 is 0 Å². The highest BCUT2D eigenvalue weighted by molar-refractivity contribution is 7.98. The lowest BCUT2D eigenvalue weighted by molar-refractivity contribution is 0.854. The third kappa shape index (κ3) is 3.19. The third-order valence-corrected chi connectivity index (χ3v) is 5.44. The largest absolute Gasteiger partial charge is 0.338 e. The molecule has 1 aromatic heterocycles. The molecule has 0 amide bonds. The van der Waals surface area contributed by atoms with Crippen LogP contribution in [0.3, 0.4) is 0 Å². The number of H-pyrrole nitrogens is 1. The summed E-state index contributed by atoms with van der Waals surface area (Å²) >= 11 is 7.40. The van der Waals surface area contributed by atoms with E-state index in [1.807, 2.05) is 48.7 Å². The predicted molar refractivity (Wildman–Crippen MR) is 113 cm³/mol. The Morgan fingerprint density at radius 1 is 1.14 bits per heavy atom. The van der Waals surface area contributed by atoms with Crippen molar-refractivity contribution in [3.05, 3.63) is 92.2 Å².